The van der Waals surface area contributed by atoms with Gasteiger partial charge in [-0.15, -0.1) is 0 Å². The minimum atomic E-state index is -3.83. The summed E-state index contributed by atoms with van der Waals surface area (Å²) in [6.45, 7) is 1.78. The van der Waals surface area contributed by atoms with Gasteiger partial charge in [-0.2, -0.15) is 0 Å². The molecule has 0 aromatic heterocycles. The fraction of sp³-hybridized carbons (Fsp3) is 0.300. The number of unbranched alkanes of at least 4 members (excludes halogenated alkanes) is 1. The Hall–Kier alpha value is -2.65. The molecule has 2 aromatic rings. The summed E-state index contributed by atoms with van der Waals surface area (Å²) in [7, 11) is -3.83. The molecule has 1 amide bonds. The van der Waals surface area contributed by atoms with Gasteiger partial charge in [0.05, 0.1) is 29.1 Å². The highest BCUT2D eigenvalue weighted by atomic mass is 35.5. The molecule has 1 N–H and O–H groups in total. The number of carbonyl (C=O) groups is 2. The molecule has 162 valence electrons. The Bertz CT molecular complexity index is 1010. The number of esters is 1. The lowest BCUT2D eigenvalue weighted by Gasteiger charge is -2.22. The molecule has 0 atom stereocenters. The zero-order chi connectivity index (χ0) is 22.3. The van der Waals surface area contributed by atoms with Gasteiger partial charge in [0, 0.05) is 5.69 Å². The summed E-state index contributed by atoms with van der Waals surface area (Å²) in [6, 6.07) is 9.38. The van der Waals surface area contributed by atoms with Crippen molar-refractivity contribution in [2.45, 2.75) is 19.8 Å². The van der Waals surface area contributed by atoms with Crippen LogP contribution in [-0.2, 0) is 19.6 Å². The zero-order valence-electron chi connectivity index (χ0n) is 16.5. The largest absolute Gasteiger partial charge is 0.462 e. The molecule has 30 heavy (non-hydrogen) atoms. The predicted molar refractivity (Wildman–Crippen MR) is 114 cm³/mol. The Morgan fingerprint density at radius 3 is 2.40 bits per heavy atom. The van der Waals surface area contributed by atoms with Gasteiger partial charge in [-0.05, 0) is 48.9 Å². The third-order valence-corrected chi connectivity index (χ3v) is 5.44. The molecule has 0 saturated heterocycles. The van der Waals surface area contributed by atoms with Crippen molar-refractivity contribution >= 4 is 44.9 Å². The van der Waals surface area contributed by atoms with E-state index in [4.69, 9.17) is 16.3 Å². The quantitative estimate of drug-likeness (QED) is 0.457. The van der Waals surface area contributed by atoms with Crippen molar-refractivity contribution in [3.05, 3.63) is 58.9 Å². The van der Waals surface area contributed by atoms with Crippen molar-refractivity contribution in [3.63, 3.8) is 0 Å². The number of hydrogen-bond donors (Lipinski definition) is 1. The average Bonchev–Trinajstić information content (AvgIpc) is 2.68. The molecule has 0 aliphatic carbocycles. The van der Waals surface area contributed by atoms with E-state index >= 15 is 0 Å². The maximum absolute atomic E-state index is 13.4. The van der Waals surface area contributed by atoms with Crippen LogP contribution >= 0.6 is 11.6 Å². The maximum Gasteiger partial charge on any atom is 0.338 e. The van der Waals surface area contributed by atoms with Crippen molar-refractivity contribution in [1.82, 2.24) is 0 Å². The molecule has 2 rings (SSSR count). The summed E-state index contributed by atoms with van der Waals surface area (Å²) in [5.74, 6) is -1.79. The highest BCUT2D eigenvalue weighted by Crippen LogP contribution is 2.24. The van der Waals surface area contributed by atoms with Gasteiger partial charge in [0.15, 0.2) is 0 Å². The van der Waals surface area contributed by atoms with E-state index in [-0.39, 0.29) is 10.7 Å². The van der Waals surface area contributed by atoms with E-state index < -0.39 is 34.3 Å². The minimum absolute atomic E-state index is 0.0595. The van der Waals surface area contributed by atoms with Crippen molar-refractivity contribution in [2.24, 2.45) is 0 Å². The van der Waals surface area contributed by atoms with Crippen molar-refractivity contribution < 1.29 is 27.1 Å². The summed E-state index contributed by atoms with van der Waals surface area (Å²) >= 11 is 5.72. The molecular weight excluding hydrogens is 435 g/mol. The van der Waals surface area contributed by atoms with E-state index in [0.717, 1.165) is 35.5 Å². The first-order valence-electron chi connectivity index (χ1n) is 9.11. The molecule has 0 aliphatic rings. The average molecular weight is 457 g/mol. The number of sulfonamides is 1. The van der Waals surface area contributed by atoms with Gasteiger partial charge >= 0.3 is 5.97 Å². The number of benzene rings is 2. The van der Waals surface area contributed by atoms with Gasteiger partial charge in [-0.25, -0.2) is 17.6 Å². The second kappa shape index (κ2) is 10.4. The second-order valence-corrected chi connectivity index (χ2v) is 8.80. The van der Waals surface area contributed by atoms with Crippen LogP contribution in [0, 0.1) is 5.82 Å². The number of amides is 1. The normalized spacial score (nSPS) is 11.1. The Morgan fingerprint density at radius 2 is 1.83 bits per heavy atom. The molecule has 0 spiro atoms. The van der Waals surface area contributed by atoms with Crippen LogP contribution in [-0.4, -0.2) is 39.7 Å². The summed E-state index contributed by atoms with van der Waals surface area (Å²) in [5.41, 5.74) is 0.766. The lowest BCUT2D eigenvalue weighted by molar-refractivity contribution is -0.114. The molecule has 0 bridgehead atoms. The van der Waals surface area contributed by atoms with Crippen LogP contribution in [0.25, 0.3) is 0 Å². The van der Waals surface area contributed by atoms with E-state index in [0.29, 0.717) is 17.9 Å². The topological polar surface area (TPSA) is 92.8 Å². The molecule has 2 aromatic carbocycles. The molecule has 0 unspecified atom stereocenters. The van der Waals surface area contributed by atoms with Gasteiger partial charge in [-0.3, -0.25) is 9.10 Å². The van der Waals surface area contributed by atoms with Crippen LogP contribution in [0.3, 0.4) is 0 Å². The number of anilines is 2. The van der Waals surface area contributed by atoms with E-state index in [2.05, 4.69) is 5.32 Å². The first-order chi connectivity index (χ1) is 14.1. The van der Waals surface area contributed by atoms with Crippen molar-refractivity contribution in [2.75, 3.05) is 29.0 Å². The van der Waals surface area contributed by atoms with Gasteiger partial charge in [0.2, 0.25) is 15.9 Å². The molecule has 7 nitrogen and oxygen atoms in total. The first-order valence-corrected chi connectivity index (χ1v) is 11.3. The molecule has 0 saturated carbocycles. The zero-order valence-corrected chi connectivity index (χ0v) is 18.1. The standard InChI is InChI=1S/C20H22ClFN2O5S/c1-3-4-11-29-20(26)14-5-7-15(8-6-14)23-19(25)13-24(30(2,27)28)16-9-10-18(22)17(21)12-16/h5-10,12H,3-4,11,13H2,1-2H3,(H,23,25). The molecular formula is C20H22ClFN2O5S. The lowest BCUT2D eigenvalue weighted by atomic mass is 10.2. The third-order valence-electron chi connectivity index (χ3n) is 4.01. The van der Waals surface area contributed by atoms with Crippen molar-refractivity contribution in [3.8, 4) is 0 Å². The van der Waals surface area contributed by atoms with Crippen LogP contribution in [0.2, 0.25) is 5.02 Å². The Balaban J connectivity index is 2.06. The third kappa shape index (κ3) is 6.70. The lowest BCUT2D eigenvalue weighted by Crippen LogP contribution is -2.37. The van der Waals surface area contributed by atoms with E-state index in [9.17, 15) is 22.4 Å². The SMILES string of the molecule is CCCCOC(=O)c1ccc(NC(=O)CN(c2ccc(F)c(Cl)c2)S(C)(=O)=O)cc1. The minimum Gasteiger partial charge on any atom is -0.462 e. The van der Waals surface area contributed by atoms with E-state index in [1.807, 2.05) is 6.92 Å². The summed E-state index contributed by atoms with van der Waals surface area (Å²) in [4.78, 5) is 24.3. The van der Waals surface area contributed by atoms with Crippen molar-refractivity contribution in [1.29, 1.82) is 0 Å². The Morgan fingerprint density at radius 1 is 1.17 bits per heavy atom. The highest BCUT2D eigenvalue weighted by molar-refractivity contribution is 7.92. The number of halogens is 2. The van der Waals surface area contributed by atoms with Crippen LogP contribution in [0.4, 0.5) is 15.8 Å². The van der Waals surface area contributed by atoms with Gasteiger partial charge in [-0.1, -0.05) is 24.9 Å². The molecule has 0 radical (unpaired) electrons. The smallest absolute Gasteiger partial charge is 0.338 e. The Kier molecular flexibility index (Phi) is 8.19. The highest BCUT2D eigenvalue weighted by Gasteiger charge is 2.22. The number of rotatable bonds is 9. The van der Waals surface area contributed by atoms with E-state index in [1.54, 1.807) is 0 Å². The van der Waals surface area contributed by atoms with Crippen LogP contribution in [0.5, 0.6) is 0 Å². The monoisotopic (exact) mass is 456 g/mol. The number of ether oxygens (including phenoxy) is 1. The molecule has 0 aliphatic heterocycles. The maximum atomic E-state index is 13.4. The predicted octanol–water partition coefficient (Wildman–Crippen LogP) is 3.84. The second-order valence-electron chi connectivity index (χ2n) is 6.48. The van der Waals surface area contributed by atoms with Gasteiger partial charge in [0.25, 0.3) is 0 Å². The number of nitrogens with zero attached hydrogens (tertiary/aromatic N) is 1. The first kappa shape index (κ1) is 23.6. The molecule has 0 fully saturated rings. The number of nitrogens with one attached hydrogen (secondary N) is 1. The van der Waals surface area contributed by atoms with Gasteiger partial charge < -0.3 is 10.1 Å². The van der Waals surface area contributed by atoms with Gasteiger partial charge in [0.1, 0.15) is 12.4 Å². The Labute approximate surface area is 179 Å². The molecule has 0 heterocycles. The fourth-order valence-electron chi connectivity index (χ4n) is 2.45. The number of carbonyl (C=O) groups excluding carboxylic acids is 2. The summed E-state index contributed by atoms with van der Waals surface area (Å²) < 4.78 is 43.5. The van der Waals surface area contributed by atoms with Crippen LogP contribution < -0.4 is 9.62 Å². The molecule has 10 heteroatoms. The van der Waals surface area contributed by atoms with Crippen LogP contribution in [0.15, 0.2) is 42.5 Å². The summed E-state index contributed by atoms with van der Waals surface area (Å²) in [5, 5.41) is 2.29. The summed E-state index contributed by atoms with van der Waals surface area (Å²) in [6.07, 6.45) is 2.61. The van der Waals surface area contributed by atoms with E-state index in [1.165, 1.54) is 30.3 Å². The van der Waals surface area contributed by atoms with Crippen LogP contribution in [0.1, 0.15) is 30.1 Å². The fourth-order valence-corrected chi connectivity index (χ4v) is 3.48. The number of hydrogen-bond acceptors (Lipinski definition) is 5.